The maximum Gasteiger partial charge on any atom is 0.155 e. The highest BCUT2D eigenvalue weighted by Crippen LogP contribution is 2.23. The third kappa shape index (κ3) is 3.51. The summed E-state index contributed by atoms with van der Waals surface area (Å²) in [4.78, 5) is 11.8. The lowest BCUT2D eigenvalue weighted by Crippen LogP contribution is -2.37. The Morgan fingerprint density at radius 3 is 2.28 bits per heavy atom. The maximum absolute atomic E-state index is 13.1. The normalized spacial score (nSPS) is 15.2. The standard InChI is InChI=1S/C20H18FN3O/c21-16-8-5-15(6-9-16)7-10-19-20(24-11-13-25-14-12-24)23-18-4-2-1-3-17(18)22-19/h1-10H,11-14H2/b10-7-. The van der Waals surface area contributed by atoms with E-state index in [1.54, 1.807) is 12.1 Å². The quantitative estimate of drug-likeness (QED) is 0.730. The molecule has 1 fully saturated rings. The Kier molecular flexibility index (Phi) is 4.39. The van der Waals surface area contributed by atoms with Crippen molar-refractivity contribution in [1.29, 1.82) is 0 Å². The molecule has 1 aromatic heterocycles. The summed E-state index contributed by atoms with van der Waals surface area (Å²) in [6.45, 7) is 2.97. The van der Waals surface area contributed by atoms with Gasteiger partial charge in [0, 0.05) is 13.1 Å². The maximum atomic E-state index is 13.1. The third-order valence-electron chi connectivity index (χ3n) is 4.19. The Morgan fingerprint density at radius 1 is 0.880 bits per heavy atom. The largest absolute Gasteiger partial charge is 0.378 e. The molecule has 0 unspecified atom stereocenters. The Bertz CT molecular complexity index is 902. The minimum atomic E-state index is -0.239. The molecule has 4 nitrogen and oxygen atoms in total. The fourth-order valence-electron chi connectivity index (χ4n) is 2.87. The molecule has 126 valence electrons. The SMILES string of the molecule is Fc1ccc(/C=C\c2nc3ccccc3nc2N2CCOCC2)cc1. The van der Waals surface area contributed by atoms with Gasteiger partial charge in [0.1, 0.15) is 11.5 Å². The summed E-state index contributed by atoms with van der Waals surface area (Å²) in [5.74, 6) is 0.622. The predicted molar refractivity (Wildman–Crippen MR) is 97.9 cm³/mol. The van der Waals surface area contributed by atoms with Crippen LogP contribution in [0.3, 0.4) is 0 Å². The molecule has 0 N–H and O–H groups in total. The first-order valence-electron chi connectivity index (χ1n) is 8.33. The second kappa shape index (κ2) is 6.99. The summed E-state index contributed by atoms with van der Waals surface area (Å²) in [5.41, 5.74) is 3.47. The molecule has 2 heterocycles. The first-order valence-corrected chi connectivity index (χ1v) is 8.33. The number of para-hydroxylation sites is 2. The van der Waals surface area contributed by atoms with Gasteiger partial charge in [-0.15, -0.1) is 0 Å². The Labute approximate surface area is 145 Å². The van der Waals surface area contributed by atoms with E-state index in [-0.39, 0.29) is 5.82 Å². The first-order chi connectivity index (χ1) is 12.3. The fraction of sp³-hybridized carbons (Fsp3) is 0.200. The molecule has 5 heteroatoms. The van der Waals surface area contributed by atoms with Crippen LogP contribution in [0.5, 0.6) is 0 Å². The van der Waals surface area contributed by atoms with Crippen molar-refractivity contribution in [2.45, 2.75) is 0 Å². The number of morpholine rings is 1. The first kappa shape index (κ1) is 15.7. The number of benzene rings is 2. The van der Waals surface area contributed by atoms with Crippen molar-refractivity contribution in [3.63, 3.8) is 0 Å². The van der Waals surface area contributed by atoms with Gasteiger partial charge in [-0.3, -0.25) is 0 Å². The van der Waals surface area contributed by atoms with Crippen LogP contribution in [0, 0.1) is 5.82 Å². The van der Waals surface area contributed by atoms with Gasteiger partial charge >= 0.3 is 0 Å². The van der Waals surface area contributed by atoms with Gasteiger partial charge in [-0.05, 0) is 35.9 Å². The Balaban J connectivity index is 1.75. The van der Waals surface area contributed by atoms with Crippen LogP contribution in [0.15, 0.2) is 48.5 Å². The number of ether oxygens (including phenoxy) is 1. The highest BCUT2D eigenvalue weighted by Gasteiger charge is 2.17. The van der Waals surface area contributed by atoms with Crippen LogP contribution < -0.4 is 4.90 Å². The van der Waals surface area contributed by atoms with E-state index in [1.165, 1.54) is 12.1 Å². The van der Waals surface area contributed by atoms with Crippen LogP contribution in [-0.2, 0) is 4.74 Å². The number of halogens is 1. The Morgan fingerprint density at radius 2 is 1.56 bits per heavy atom. The zero-order valence-corrected chi connectivity index (χ0v) is 13.7. The topological polar surface area (TPSA) is 38.2 Å². The zero-order valence-electron chi connectivity index (χ0n) is 13.7. The van der Waals surface area contributed by atoms with Gasteiger partial charge in [-0.1, -0.05) is 30.3 Å². The second-order valence-corrected chi connectivity index (χ2v) is 5.91. The highest BCUT2D eigenvalue weighted by atomic mass is 19.1. The molecule has 0 spiro atoms. The number of hydrogen-bond donors (Lipinski definition) is 0. The number of fused-ring (bicyclic) bond motifs is 1. The number of rotatable bonds is 3. The van der Waals surface area contributed by atoms with Crippen LogP contribution in [0.25, 0.3) is 23.2 Å². The third-order valence-corrected chi connectivity index (χ3v) is 4.19. The van der Waals surface area contributed by atoms with E-state index in [2.05, 4.69) is 4.90 Å². The second-order valence-electron chi connectivity index (χ2n) is 5.91. The van der Waals surface area contributed by atoms with Crippen molar-refractivity contribution >= 4 is 29.0 Å². The number of aromatic nitrogens is 2. The molecule has 1 aliphatic heterocycles. The summed E-state index contributed by atoms with van der Waals surface area (Å²) in [6.07, 6.45) is 3.87. The van der Waals surface area contributed by atoms with Gasteiger partial charge in [-0.25, -0.2) is 14.4 Å². The van der Waals surface area contributed by atoms with E-state index < -0.39 is 0 Å². The summed E-state index contributed by atoms with van der Waals surface area (Å²) in [5, 5.41) is 0. The number of hydrogen-bond acceptors (Lipinski definition) is 4. The molecule has 1 aliphatic rings. The van der Waals surface area contributed by atoms with Crippen LogP contribution in [-0.4, -0.2) is 36.3 Å². The van der Waals surface area contributed by atoms with Gasteiger partial charge < -0.3 is 9.64 Å². The fourth-order valence-corrected chi connectivity index (χ4v) is 2.87. The molecule has 0 atom stereocenters. The minimum absolute atomic E-state index is 0.239. The number of anilines is 1. The molecule has 3 aromatic rings. The molecule has 1 saturated heterocycles. The summed E-state index contributed by atoms with van der Waals surface area (Å²) >= 11 is 0. The molecule has 0 radical (unpaired) electrons. The van der Waals surface area contributed by atoms with Gasteiger partial charge in [0.15, 0.2) is 5.82 Å². The highest BCUT2D eigenvalue weighted by molar-refractivity contribution is 5.82. The monoisotopic (exact) mass is 335 g/mol. The average Bonchev–Trinajstić information content (AvgIpc) is 2.67. The molecular formula is C20H18FN3O. The van der Waals surface area contributed by atoms with Crippen molar-refractivity contribution in [3.8, 4) is 0 Å². The van der Waals surface area contributed by atoms with Crippen LogP contribution in [0.2, 0.25) is 0 Å². The Hall–Kier alpha value is -2.79. The molecule has 0 saturated carbocycles. The van der Waals surface area contributed by atoms with E-state index in [0.717, 1.165) is 41.2 Å². The molecule has 0 bridgehead atoms. The zero-order chi connectivity index (χ0) is 17.1. The van der Waals surface area contributed by atoms with Gasteiger partial charge in [0.05, 0.1) is 24.2 Å². The van der Waals surface area contributed by atoms with E-state index >= 15 is 0 Å². The summed E-state index contributed by atoms with van der Waals surface area (Å²) in [6, 6.07) is 14.3. The number of nitrogens with zero attached hydrogens (tertiary/aromatic N) is 3. The molecule has 0 aliphatic carbocycles. The lowest BCUT2D eigenvalue weighted by molar-refractivity contribution is 0.122. The molecule has 4 rings (SSSR count). The van der Waals surface area contributed by atoms with Crippen molar-refractivity contribution in [3.05, 3.63) is 65.6 Å². The smallest absolute Gasteiger partial charge is 0.155 e. The van der Waals surface area contributed by atoms with E-state index in [1.807, 2.05) is 36.4 Å². The van der Waals surface area contributed by atoms with Crippen LogP contribution in [0.4, 0.5) is 10.2 Å². The lowest BCUT2D eigenvalue weighted by Gasteiger charge is -2.28. The molecule has 0 amide bonds. The van der Waals surface area contributed by atoms with Gasteiger partial charge in [0.2, 0.25) is 0 Å². The summed E-state index contributed by atoms with van der Waals surface area (Å²) < 4.78 is 18.5. The van der Waals surface area contributed by atoms with Crippen molar-refractivity contribution in [2.24, 2.45) is 0 Å². The van der Waals surface area contributed by atoms with E-state index in [4.69, 9.17) is 14.7 Å². The van der Waals surface area contributed by atoms with Crippen molar-refractivity contribution in [1.82, 2.24) is 9.97 Å². The molecule has 25 heavy (non-hydrogen) atoms. The lowest BCUT2D eigenvalue weighted by atomic mass is 10.2. The predicted octanol–water partition coefficient (Wildman–Crippen LogP) is 3.78. The minimum Gasteiger partial charge on any atom is -0.378 e. The van der Waals surface area contributed by atoms with Crippen molar-refractivity contribution < 1.29 is 9.13 Å². The summed E-state index contributed by atoms with van der Waals surface area (Å²) in [7, 11) is 0. The van der Waals surface area contributed by atoms with Crippen LogP contribution >= 0.6 is 0 Å². The molecule has 2 aromatic carbocycles. The average molecular weight is 335 g/mol. The van der Waals surface area contributed by atoms with Gasteiger partial charge in [0.25, 0.3) is 0 Å². The van der Waals surface area contributed by atoms with Gasteiger partial charge in [-0.2, -0.15) is 0 Å². The molecular weight excluding hydrogens is 317 g/mol. The van der Waals surface area contributed by atoms with E-state index in [0.29, 0.717) is 13.2 Å². The van der Waals surface area contributed by atoms with Crippen LogP contribution in [0.1, 0.15) is 11.3 Å². The van der Waals surface area contributed by atoms with Crippen molar-refractivity contribution in [2.75, 3.05) is 31.2 Å². The van der Waals surface area contributed by atoms with E-state index in [9.17, 15) is 4.39 Å².